The zero-order valence-electron chi connectivity index (χ0n) is 12.0. The van der Waals surface area contributed by atoms with E-state index in [0.29, 0.717) is 11.5 Å². The predicted octanol–water partition coefficient (Wildman–Crippen LogP) is 1.83. The minimum absolute atomic E-state index is 0.187. The van der Waals surface area contributed by atoms with E-state index in [0.717, 1.165) is 5.56 Å². The number of para-hydroxylation sites is 1. The highest BCUT2D eigenvalue weighted by Crippen LogP contribution is 2.15. The van der Waals surface area contributed by atoms with Gasteiger partial charge in [0, 0.05) is 6.08 Å². The number of hydrogen-bond donors (Lipinski definition) is 2. The van der Waals surface area contributed by atoms with Crippen LogP contribution in [-0.4, -0.2) is 18.4 Å². The number of hydrogen-bond acceptors (Lipinski definition) is 4. The highest BCUT2D eigenvalue weighted by atomic mass is 16.5. The smallest absolute Gasteiger partial charge is 0.276 e. The molecule has 2 aromatic rings. The van der Waals surface area contributed by atoms with Gasteiger partial charge in [0.2, 0.25) is 0 Å². The SMILES string of the molecule is Cc1ccccc1OCC(=O)NNC(=O)/C=C/c1ccco1. The quantitative estimate of drug-likeness (QED) is 0.652. The molecule has 2 amide bonds. The van der Waals surface area contributed by atoms with Crippen LogP contribution in [0, 0.1) is 6.92 Å². The summed E-state index contributed by atoms with van der Waals surface area (Å²) >= 11 is 0. The van der Waals surface area contributed by atoms with Crippen molar-refractivity contribution in [3.63, 3.8) is 0 Å². The molecule has 0 radical (unpaired) electrons. The van der Waals surface area contributed by atoms with Crippen molar-refractivity contribution in [1.29, 1.82) is 0 Å². The number of hydrazine groups is 1. The molecule has 1 heterocycles. The van der Waals surface area contributed by atoms with Crippen molar-refractivity contribution in [2.45, 2.75) is 6.92 Å². The van der Waals surface area contributed by atoms with Gasteiger partial charge in [-0.15, -0.1) is 0 Å². The van der Waals surface area contributed by atoms with Crippen LogP contribution in [0.5, 0.6) is 5.75 Å². The Kier molecular flexibility index (Phi) is 5.37. The van der Waals surface area contributed by atoms with Gasteiger partial charge >= 0.3 is 0 Å². The lowest BCUT2D eigenvalue weighted by molar-refractivity contribution is -0.128. The number of rotatable bonds is 5. The summed E-state index contributed by atoms with van der Waals surface area (Å²) in [4.78, 5) is 23.0. The average Bonchev–Trinajstić information content (AvgIpc) is 3.03. The van der Waals surface area contributed by atoms with Crippen molar-refractivity contribution >= 4 is 17.9 Å². The molecular formula is C16H16N2O4. The lowest BCUT2D eigenvalue weighted by Crippen LogP contribution is -2.43. The van der Waals surface area contributed by atoms with Crippen LogP contribution in [0.1, 0.15) is 11.3 Å². The van der Waals surface area contributed by atoms with Crippen molar-refractivity contribution in [1.82, 2.24) is 10.9 Å². The van der Waals surface area contributed by atoms with Gasteiger partial charge in [-0.3, -0.25) is 20.4 Å². The van der Waals surface area contributed by atoms with Crippen molar-refractivity contribution in [2.75, 3.05) is 6.61 Å². The van der Waals surface area contributed by atoms with Gasteiger partial charge in [0.15, 0.2) is 6.61 Å². The summed E-state index contributed by atoms with van der Waals surface area (Å²) in [7, 11) is 0. The first-order chi connectivity index (χ1) is 10.6. The van der Waals surface area contributed by atoms with E-state index in [1.165, 1.54) is 18.4 Å². The number of aryl methyl sites for hydroxylation is 1. The molecule has 0 aliphatic heterocycles. The molecule has 0 fully saturated rings. The number of furan rings is 1. The van der Waals surface area contributed by atoms with Gasteiger partial charge in [0.25, 0.3) is 11.8 Å². The van der Waals surface area contributed by atoms with Gasteiger partial charge in [0.1, 0.15) is 11.5 Å². The van der Waals surface area contributed by atoms with E-state index in [1.807, 2.05) is 25.1 Å². The minimum atomic E-state index is -0.472. The maximum atomic E-state index is 11.6. The third kappa shape index (κ3) is 4.82. The van der Waals surface area contributed by atoms with Crippen molar-refractivity contribution in [2.24, 2.45) is 0 Å². The Hall–Kier alpha value is -3.02. The Balaban J connectivity index is 1.71. The lowest BCUT2D eigenvalue weighted by atomic mass is 10.2. The molecule has 0 bridgehead atoms. The van der Waals surface area contributed by atoms with Crippen LogP contribution in [-0.2, 0) is 9.59 Å². The summed E-state index contributed by atoms with van der Waals surface area (Å²) in [6.07, 6.45) is 4.24. The van der Waals surface area contributed by atoms with E-state index in [-0.39, 0.29) is 6.61 Å². The lowest BCUT2D eigenvalue weighted by Gasteiger charge is -2.09. The molecule has 6 nitrogen and oxygen atoms in total. The molecule has 0 unspecified atom stereocenters. The summed E-state index contributed by atoms with van der Waals surface area (Å²) in [5.74, 6) is 0.245. The second-order valence-corrected chi connectivity index (χ2v) is 4.44. The Labute approximate surface area is 127 Å². The van der Waals surface area contributed by atoms with Gasteiger partial charge < -0.3 is 9.15 Å². The molecule has 0 aliphatic carbocycles. The maximum absolute atomic E-state index is 11.6. The summed E-state index contributed by atoms with van der Waals surface area (Å²) in [5, 5.41) is 0. The summed E-state index contributed by atoms with van der Waals surface area (Å²) in [6.45, 7) is 1.70. The van der Waals surface area contributed by atoms with E-state index in [2.05, 4.69) is 10.9 Å². The van der Waals surface area contributed by atoms with Crippen LogP contribution in [0.3, 0.4) is 0 Å². The van der Waals surface area contributed by atoms with Gasteiger partial charge in [-0.25, -0.2) is 0 Å². The van der Waals surface area contributed by atoms with Gasteiger partial charge in [-0.1, -0.05) is 18.2 Å². The Bertz CT molecular complexity index is 663. The summed E-state index contributed by atoms with van der Waals surface area (Å²) < 4.78 is 10.4. The molecule has 0 spiro atoms. The standard InChI is InChI=1S/C16H16N2O4/c1-12-5-2-3-7-14(12)22-11-16(20)18-17-15(19)9-8-13-6-4-10-21-13/h2-10H,11H2,1H3,(H,17,19)(H,18,20)/b9-8+. The zero-order valence-corrected chi connectivity index (χ0v) is 12.0. The second-order valence-electron chi connectivity index (χ2n) is 4.44. The largest absolute Gasteiger partial charge is 0.483 e. The molecule has 0 atom stereocenters. The van der Waals surface area contributed by atoms with E-state index in [4.69, 9.17) is 9.15 Å². The fraction of sp³-hybridized carbons (Fsp3) is 0.125. The number of carbonyl (C=O) groups excluding carboxylic acids is 2. The van der Waals surface area contributed by atoms with E-state index in [9.17, 15) is 9.59 Å². The molecule has 6 heteroatoms. The van der Waals surface area contributed by atoms with Crippen molar-refractivity contribution < 1.29 is 18.7 Å². The van der Waals surface area contributed by atoms with E-state index in [1.54, 1.807) is 18.2 Å². The van der Waals surface area contributed by atoms with Gasteiger partial charge in [-0.05, 0) is 36.8 Å². The molecule has 2 rings (SSSR count). The number of ether oxygens (including phenoxy) is 1. The Morgan fingerprint density at radius 3 is 2.73 bits per heavy atom. The first kappa shape index (κ1) is 15.4. The van der Waals surface area contributed by atoms with Crippen LogP contribution in [0.4, 0.5) is 0 Å². The fourth-order valence-corrected chi connectivity index (χ4v) is 1.61. The third-order valence-electron chi connectivity index (χ3n) is 2.72. The van der Waals surface area contributed by atoms with Gasteiger partial charge in [-0.2, -0.15) is 0 Å². The van der Waals surface area contributed by atoms with Crippen LogP contribution >= 0.6 is 0 Å². The number of amides is 2. The summed E-state index contributed by atoms with van der Waals surface area (Å²) in [6, 6.07) is 10.8. The molecular weight excluding hydrogens is 284 g/mol. The van der Waals surface area contributed by atoms with Crippen LogP contribution in [0.25, 0.3) is 6.08 Å². The monoisotopic (exact) mass is 300 g/mol. The molecule has 0 saturated heterocycles. The summed E-state index contributed by atoms with van der Waals surface area (Å²) in [5.41, 5.74) is 5.44. The van der Waals surface area contributed by atoms with Crippen LogP contribution in [0.2, 0.25) is 0 Å². The highest BCUT2D eigenvalue weighted by molar-refractivity contribution is 5.92. The normalized spacial score (nSPS) is 10.4. The highest BCUT2D eigenvalue weighted by Gasteiger charge is 2.05. The molecule has 1 aromatic heterocycles. The second kappa shape index (κ2) is 7.68. The number of benzene rings is 1. The Morgan fingerprint density at radius 1 is 1.18 bits per heavy atom. The van der Waals surface area contributed by atoms with Gasteiger partial charge in [0.05, 0.1) is 6.26 Å². The first-order valence-corrected chi connectivity index (χ1v) is 6.64. The number of carbonyl (C=O) groups is 2. The predicted molar refractivity (Wildman–Crippen MR) is 80.7 cm³/mol. The zero-order chi connectivity index (χ0) is 15.8. The third-order valence-corrected chi connectivity index (χ3v) is 2.72. The van der Waals surface area contributed by atoms with Crippen LogP contribution in [0.15, 0.2) is 53.2 Å². The molecule has 1 aromatic carbocycles. The first-order valence-electron chi connectivity index (χ1n) is 6.64. The number of nitrogens with one attached hydrogen (secondary N) is 2. The molecule has 2 N–H and O–H groups in total. The molecule has 114 valence electrons. The average molecular weight is 300 g/mol. The van der Waals surface area contributed by atoms with E-state index >= 15 is 0 Å². The minimum Gasteiger partial charge on any atom is -0.483 e. The van der Waals surface area contributed by atoms with Crippen molar-refractivity contribution in [3.05, 3.63) is 60.1 Å². The Morgan fingerprint density at radius 2 is 2.00 bits per heavy atom. The van der Waals surface area contributed by atoms with E-state index < -0.39 is 11.8 Å². The molecule has 22 heavy (non-hydrogen) atoms. The molecule has 0 aliphatic rings. The van der Waals surface area contributed by atoms with Crippen molar-refractivity contribution in [3.8, 4) is 5.75 Å². The topological polar surface area (TPSA) is 80.6 Å². The maximum Gasteiger partial charge on any atom is 0.276 e. The van der Waals surface area contributed by atoms with Crippen LogP contribution < -0.4 is 15.6 Å². The fourth-order valence-electron chi connectivity index (χ4n) is 1.61. The molecule has 0 saturated carbocycles.